The van der Waals surface area contributed by atoms with Gasteiger partial charge in [-0.05, 0) is 87.3 Å². The van der Waals surface area contributed by atoms with E-state index < -0.39 is 0 Å². The first kappa shape index (κ1) is 15.0. The van der Waals surface area contributed by atoms with Crippen molar-refractivity contribution in [2.45, 2.75) is 51.6 Å². The van der Waals surface area contributed by atoms with E-state index in [2.05, 4.69) is 6.92 Å². The third kappa shape index (κ3) is 2.75. The fraction of sp³-hybridized carbons (Fsp3) is 0.650. The van der Waals surface area contributed by atoms with Crippen LogP contribution in [0.4, 0.5) is 0 Å². The first-order valence-electron chi connectivity index (χ1n) is 8.94. The molecule has 23 heavy (non-hydrogen) atoms. The first-order chi connectivity index (χ1) is 11.0. The van der Waals surface area contributed by atoms with E-state index in [1.165, 1.54) is 32.1 Å². The second kappa shape index (κ2) is 5.54. The number of hydrogen-bond donors (Lipinski definition) is 0. The van der Waals surface area contributed by atoms with Crippen molar-refractivity contribution in [3.05, 3.63) is 29.8 Å². The molecule has 4 aliphatic carbocycles. The van der Waals surface area contributed by atoms with Gasteiger partial charge in [-0.2, -0.15) is 0 Å². The maximum Gasteiger partial charge on any atom is 0.344 e. The molecule has 0 unspecified atom stereocenters. The Labute approximate surface area is 138 Å². The maximum atomic E-state index is 12.4. The molecule has 0 aliphatic heterocycles. The van der Waals surface area contributed by atoms with Crippen molar-refractivity contribution in [3.63, 3.8) is 0 Å². The summed E-state index contributed by atoms with van der Waals surface area (Å²) in [7, 11) is 0. The minimum absolute atomic E-state index is 0.00530. The predicted molar refractivity (Wildman–Crippen MR) is 88.2 cm³/mol. The van der Waals surface area contributed by atoms with Gasteiger partial charge in [-0.3, -0.25) is 0 Å². The van der Waals surface area contributed by atoms with E-state index in [4.69, 9.17) is 9.47 Å². The van der Waals surface area contributed by atoms with Crippen molar-refractivity contribution >= 4 is 5.97 Å². The van der Waals surface area contributed by atoms with E-state index in [9.17, 15) is 4.79 Å². The number of aryl methyl sites for hydroxylation is 1. The third-order valence-electron chi connectivity index (χ3n) is 6.44. The van der Waals surface area contributed by atoms with Crippen LogP contribution in [0, 0.1) is 30.6 Å². The Morgan fingerprint density at radius 3 is 2.39 bits per heavy atom. The van der Waals surface area contributed by atoms with Crippen LogP contribution in [0.5, 0.6) is 5.75 Å². The van der Waals surface area contributed by atoms with E-state index in [1.807, 2.05) is 31.2 Å². The summed E-state index contributed by atoms with van der Waals surface area (Å²) >= 11 is 0. The molecule has 4 aliphatic rings. The zero-order valence-electron chi connectivity index (χ0n) is 14.1. The van der Waals surface area contributed by atoms with Crippen LogP contribution in [-0.2, 0) is 9.53 Å². The summed E-state index contributed by atoms with van der Waals surface area (Å²) < 4.78 is 11.6. The van der Waals surface area contributed by atoms with E-state index in [0.717, 1.165) is 23.1 Å². The highest BCUT2D eigenvalue weighted by atomic mass is 16.6. The summed E-state index contributed by atoms with van der Waals surface area (Å²) in [6, 6.07) is 7.78. The predicted octanol–water partition coefficient (Wildman–Crippen LogP) is 4.13. The Hall–Kier alpha value is -1.51. The second-order valence-electron chi connectivity index (χ2n) is 8.07. The summed E-state index contributed by atoms with van der Waals surface area (Å²) in [4.78, 5) is 12.4. The van der Waals surface area contributed by atoms with Crippen LogP contribution in [-0.4, -0.2) is 18.2 Å². The highest BCUT2D eigenvalue weighted by Crippen LogP contribution is 2.59. The Kier molecular flexibility index (Phi) is 3.62. The maximum absolute atomic E-state index is 12.4. The topological polar surface area (TPSA) is 35.5 Å². The molecule has 4 fully saturated rings. The van der Waals surface area contributed by atoms with E-state index in [0.29, 0.717) is 11.8 Å². The molecule has 4 bridgehead atoms. The Morgan fingerprint density at radius 2 is 1.78 bits per heavy atom. The molecule has 5 rings (SSSR count). The van der Waals surface area contributed by atoms with Gasteiger partial charge in [-0.1, -0.05) is 12.1 Å². The van der Waals surface area contributed by atoms with Gasteiger partial charge < -0.3 is 9.47 Å². The van der Waals surface area contributed by atoms with Gasteiger partial charge in [0, 0.05) is 0 Å². The van der Waals surface area contributed by atoms with Crippen molar-refractivity contribution < 1.29 is 14.3 Å². The van der Waals surface area contributed by atoms with E-state index >= 15 is 0 Å². The number of ether oxygens (including phenoxy) is 2. The molecule has 1 aromatic rings. The molecule has 0 spiro atoms. The lowest BCUT2D eigenvalue weighted by molar-refractivity contribution is -0.204. The average molecular weight is 314 g/mol. The third-order valence-corrected chi connectivity index (χ3v) is 6.44. The lowest BCUT2D eigenvalue weighted by atomic mass is 9.50. The molecule has 0 aromatic heterocycles. The molecule has 3 heteroatoms. The molecule has 3 nitrogen and oxygen atoms in total. The fourth-order valence-electron chi connectivity index (χ4n) is 5.41. The highest BCUT2D eigenvalue weighted by molar-refractivity contribution is 5.71. The molecule has 124 valence electrons. The lowest BCUT2D eigenvalue weighted by Gasteiger charge is -2.59. The molecule has 0 heterocycles. The number of hydrogen-bond acceptors (Lipinski definition) is 3. The lowest BCUT2D eigenvalue weighted by Crippen LogP contribution is -2.58. The Bertz CT molecular complexity index is 579. The zero-order chi connectivity index (χ0) is 16.0. The van der Waals surface area contributed by atoms with Gasteiger partial charge in [-0.25, -0.2) is 4.79 Å². The zero-order valence-corrected chi connectivity index (χ0v) is 14.1. The summed E-state index contributed by atoms with van der Waals surface area (Å²) in [6.45, 7) is 4.19. The molecule has 0 amide bonds. The highest BCUT2D eigenvalue weighted by Gasteiger charge is 2.57. The molecular weight excluding hydrogens is 288 g/mol. The van der Waals surface area contributed by atoms with Crippen LogP contribution in [0.25, 0.3) is 0 Å². The molecule has 4 saturated carbocycles. The Morgan fingerprint density at radius 1 is 1.13 bits per heavy atom. The van der Waals surface area contributed by atoms with E-state index in [-0.39, 0.29) is 18.2 Å². The quantitative estimate of drug-likeness (QED) is 0.784. The minimum Gasteiger partial charge on any atom is -0.482 e. The minimum atomic E-state index is -0.263. The smallest absolute Gasteiger partial charge is 0.344 e. The number of rotatable bonds is 4. The normalized spacial score (nSPS) is 37.7. The summed E-state index contributed by atoms with van der Waals surface area (Å²) in [5.41, 5.74) is 0.865. The number of carbonyl (C=O) groups is 1. The molecule has 0 N–H and O–H groups in total. The summed E-state index contributed by atoms with van der Waals surface area (Å²) in [5, 5.41) is 0. The van der Waals surface area contributed by atoms with Gasteiger partial charge >= 0.3 is 5.97 Å². The molecule has 0 atom stereocenters. The average Bonchev–Trinajstić information content (AvgIpc) is 2.50. The number of carbonyl (C=O) groups excluding carboxylic acids is 1. The standard InChI is InChI=1S/C20H26O3/c1-13-4-3-5-18(6-13)22-12-19(21)23-20(2)16-8-14-7-15(10-16)11-17(20)9-14/h3-6,14-17H,7-12H2,1-2H3. The van der Waals surface area contributed by atoms with Gasteiger partial charge in [0.05, 0.1) is 0 Å². The first-order valence-corrected chi connectivity index (χ1v) is 8.94. The van der Waals surface area contributed by atoms with Gasteiger partial charge in [0.15, 0.2) is 6.61 Å². The monoisotopic (exact) mass is 314 g/mol. The molecule has 1 aromatic carbocycles. The van der Waals surface area contributed by atoms with Crippen LogP contribution in [0.15, 0.2) is 24.3 Å². The van der Waals surface area contributed by atoms with E-state index in [1.54, 1.807) is 0 Å². The summed E-state index contributed by atoms with van der Waals surface area (Å²) in [5.74, 6) is 3.39. The van der Waals surface area contributed by atoms with Gasteiger partial charge in [0.1, 0.15) is 11.4 Å². The fourth-order valence-corrected chi connectivity index (χ4v) is 5.41. The summed E-state index contributed by atoms with van der Waals surface area (Å²) in [6.07, 6.45) is 6.39. The van der Waals surface area contributed by atoms with Crippen LogP contribution in [0.2, 0.25) is 0 Å². The van der Waals surface area contributed by atoms with Crippen molar-refractivity contribution in [1.82, 2.24) is 0 Å². The second-order valence-corrected chi connectivity index (χ2v) is 8.07. The van der Waals surface area contributed by atoms with Crippen molar-refractivity contribution in [2.24, 2.45) is 23.7 Å². The Balaban J connectivity index is 1.38. The van der Waals surface area contributed by atoms with Crippen molar-refractivity contribution in [2.75, 3.05) is 6.61 Å². The molecular formula is C20H26O3. The van der Waals surface area contributed by atoms with Gasteiger partial charge in [0.2, 0.25) is 0 Å². The van der Waals surface area contributed by atoms with Gasteiger partial charge in [0.25, 0.3) is 0 Å². The van der Waals surface area contributed by atoms with Crippen LogP contribution < -0.4 is 4.74 Å². The largest absolute Gasteiger partial charge is 0.482 e. The van der Waals surface area contributed by atoms with Gasteiger partial charge in [-0.15, -0.1) is 0 Å². The number of benzene rings is 1. The van der Waals surface area contributed by atoms with Crippen LogP contribution in [0.3, 0.4) is 0 Å². The SMILES string of the molecule is Cc1cccc(OCC(=O)OC2(C)C3CC4CC(C3)CC2C4)c1. The van der Waals surface area contributed by atoms with Crippen molar-refractivity contribution in [1.29, 1.82) is 0 Å². The van der Waals surface area contributed by atoms with Crippen molar-refractivity contribution in [3.8, 4) is 5.75 Å². The van der Waals surface area contributed by atoms with Crippen LogP contribution in [0.1, 0.15) is 44.6 Å². The number of esters is 1. The molecule has 0 radical (unpaired) electrons. The van der Waals surface area contributed by atoms with Crippen LogP contribution >= 0.6 is 0 Å². The molecule has 0 saturated heterocycles.